The summed E-state index contributed by atoms with van der Waals surface area (Å²) in [6.45, 7) is 7.03. The summed E-state index contributed by atoms with van der Waals surface area (Å²) in [5.41, 5.74) is 2.55. The number of pyridine rings is 1. The molecule has 3 aromatic rings. The Balaban J connectivity index is 1.61. The summed E-state index contributed by atoms with van der Waals surface area (Å²) in [6, 6.07) is 8.32. The molecule has 9 heteroatoms. The van der Waals surface area contributed by atoms with Crippen LogP contribution in [0.4, 0.5) is 0 Å². The molecule has 1 aromatic carbocycles. The highest BCUT2D eigenvalue weighted by Gasteiger charge is 2.37. The number of rotatable bonds is 6. The number of aryl methyl sites for hydroxylation is 1. The molecule has 2 atom stereocenters. The van der Waals surface area contributed by atoms with Crippen LogP contribution in [0.3, 0.4) is 0 Å². The second-order valence-electron chi connectivity index (χ2n) is 8.58. The third kappa shape index (κ3) is 3.77. The summed E-state index contributed by atoms with van der Waals surface area (Å²) in [5, 5.41) is 13.5. The predicted molar refractivity (Wildman–Crippen MR) is 117 cm³/mol. The van der Waals surface area contributed by atoms with Crippen molar-refractivity contribution in [3.63, 3.8) is 0 Å². The fraction of sp³-hybridized carbons (Fsp3) is 0.545. The first-order valence-electron chi connectivity index (χ1n) is 11.0. The van der Waals surface area contributed by atoms with Gasteiger partial charge in [-0.2, -0.15) is 0 Å². The SMILES string of the molecule is COCCn1nnnc1[C@@H](c1cc2cccc(C)c2[nH]c1=O)N1CCN2CCC[C@@H]2C1. The van der Waals surface area contributed by atoms with Gasteiger partial charge in [0.15, 0.2) is 5.82 Å². The van der Waals surface area contributed by atoms with E-state index < -0.39 is 0 Å². The monoisotopic (exact) mass is 423 g/mol. The zero-order valence-corrected chi connectivity index (χ0v) is 18.1. The number of ether oxygens (including phenoxy) is 1. The minimum atomic E-state index is -0.303. The quantitative estimate of drug-likeness (QED) is 0.640. The topological polar surface area (TPSA) is 92.2 Å². The van der Waals surface area contributed by atoms with Crippen molar-refractivity contribution in [1.29, 1.82) is 0 Å². The van der Waals surface area contributed by atoms with Gasteiger partial charge >= 0.3 is 0 Å². The third-order valence-electron chi connectivity index (χ3n) is 6.71. The molecule has 0 aliphatic carbocycles. The third-order valence-corrected chi connectivity index (χ3v) is 6.71. The van der Waals surface area contributed by atoms with Crippen LogP contribution < -0.4 is 5.56 Å². The van der Waals surface area contributed by atoms with E-state index in [1.807, 2.05) is 31.2 Å². The molecule has 2 fully saturated rings. The maximum Gasteiger partial charge on any atom is 0.253 e. The molecule has 0 unspecified atom stereocenters. The number of methoxy groups -OCH3 is 1. The number of H-pyrrole nitrogens is 1. The highest BCUT2D eigenvalue weighted by Crippen LogP contribution is 2.31. The molecule has 9 nitrogen and oxygen atoms in total. The van der Waals surface area contributed by atoms with E-state index in [1.54, 1.807) is 11.8 Å². The minimum Gasteiger partial charge on any atom is -0.383 e. The Morgan fingerprint density at radius 1 is 1.29 bits per heavy atom. The van der Waals surface area contributed by atoms with Crippen molar-refractivity contribution in [2.75, 3.05) is 39.9 Å². The van der Waals surface area contributed by atoms with Crippen LogP contribution in [-0.4, -0.2) is 80.9 Å². The number of nitrogens with one attached hydrogen (secondary N) is 1. The summed E-state index contributed by atoms with van der Waals surface area (Å²) in [7, 11) is 1.66. The van der Waals surface area contributed by atoms with Crippen LogP contribution in [0.1, 0.15) is 35.8 Å². The van der Waals surface area contributed by atoms with E-state index in [1.165, 1.54) is 19.4 Å². The number of piperazine rings is 1. The molecular formula is C22H29N7O2. The first-order chi connectivity index (χ1) is 15.2. The van der Waals surface area contributed by atoms with Gasteiger partial charge in [-0.05, 0) is 53.8 Å². The molecule has 1 N–H and O–H groups in total. The van der Waals surface area contributed by atoms with Gasteiger partial charge in [0.1, 0.15) is 6.04 Å². The lowest BCUT2D eigenvalue weighted by atomic mass is 10.00. The van der Waals surface area contributed by atoms with Crippen molar-refractivity contribution in [1.82, 2.24) is 35.0 Å². The average Bonchev–Trinajstić information content (AvgIpc) is 3.43. The maximum atomic E-state index is 13.3. The number of hydrogen-bond acceptors (Lipinski definition) is 7. The Hall–Kier alpha value is -2.62. The van der Waals surface area contributed by atoms with E-state index >= 15 is 0 Å². The molecule has 5 rings (SSSR count). The summed E-state index contributed by atoms with van der Waals surface area (Å²) < 4.78 is 7.02. The van der Waals surface area contributed by atoms with Crippen molar-refractivity contribution < 1.29 is 4.74 Å². The van der Waals surface area contributed by atoms with Gasteiger partial charge in [-0.1, -0.05) is 18.2 Å². The van der Waals surface area contributed by atoms with Crippen molar-refractivity contribution >= 4 is 10.9 Å². The van der Waals surface area contributed by atoms with E-state index in [-0.39, 0.29) is 11.6 Å². The van der Waals surface area contributed by atoms with Gasteiger partial charge in [0.25, 0.3) is 5.56 Å². The number of nitrogens with zero attached hydrogens (tertiary/aromatic N) is 6. The lowest BCUT2D eigenvalue weighted by molar-refractivity contribution is 0.0781. The Morgan fingerprint density at radius 2 is 2.19 bits per heavy atom. The second kappa shape index (κ2) is 8.49. The maximum absolute atomic E-state index is 13.3. The average molecular weight is 424 g/mol. The Bertz CT molecular complexity index is 1120. The molecule has 2 saturated heterocycles. The number of benzene rings is 1. The molecule has 2 aliphatic rings. The number of aromatic amines is 1. The largest absolute Gasteiger partial charge is 0.383 e. The smallest absolute Gasteiger partial charge is 0.253 e. The number of para-hydroxylation sites is 1. The minimum absolute atomic E-state index is 0.0815. The first-order valence-corrected chi connectivity index (χ1v) is 11.0. The number of hydrogen-bond donors (Lipinski definition) is 1. The Morgan fingerprint density at radius 3 is 3.06 bits per heavy atom. The summed E-state index contributed by atoms with van der Waals surface area (Å²) in [5.74, 6) is 0.695. The van der Waals surface area contributed by atoms with Crippen LogP contribution in [0.2, 0.25) is 0 Å². The Labute approximate surface area is 181 Å². The van der Waals surface area contributed by atoms with Gasteiger partial charge in [0.05, 0.1) is 18.7 Å². The molecule has 2 aromatic heterocycles. The van der Waals surface area contributed by atoms with Crippen LogP contribution in [0, 0.1) is 6.92 Å². The molecule has 164 valence electrons. The summed E-state index contributed by atoms with van der Waals surface area (Å²) >= 11 is 0. The molecule has 0 radical (unpaired) electrons. The first kappa shape index (κ1) is 20.3. The highest BCUT2D eigenvalue weighted by molar-refractivity contribution is 5.82. The van der Waals surface area contributed by atoms with Crippen molar-refractivity contribution in [3.8, 4) is 0 Å². The molecule has 4 heterocycles. The molecule has 31 heavy (non-hydrogen) atoms. The van der Waals surface area contributed by atoms with Gasteiger partial charge in [-0.25, -0.2) is 4.68 Å². The standard InChI is InChI=1S/C22H29N7O2/c1-15-5-3-6-16-13-18(22(30)23-19(15)16)20(21-24-25-26-29(21)11-12-31-2)28-10-9-27-8-4-7-17(27)14-28/h3,5-6,13,17,20H,4,7-12,14H2,1-2H3,(H,23,30)/t17-,20-/m1/s1. The number of fused-ring (bicyclic) bond motifs is 2. The Kier molecular flexibility index (Phi) is 5.56. The fourth-order valence-electron chi connectivity index (χ4n) is 5.10. The lowest BCUT2D eigenvalue weighted by Gasteiger charge is -2.41. The molecule has 0 bridgehead atoms. The van der Waals surface area contributed by atoms with Gasteiger partial charge in [-0.15, -0.1) is 5.10 Å². The van der Waals surface area contributed by atoms with Crippen molar-refractivity contribution in [2.24, 2.45) is 0 Å². The van der Waals surface area contributed by atoms with Crippen LogP contribution in [0.15, 0.2) is 29.1 Å². The van der Waals surface area contributed by atoms with Gasteiger partial charge in [-0.3, -0.25) is 14.6 Å². The van der Waals surface area contributed by atoms with E-state index in [9.17, 15) is 4.79 Å². The van der Waals surface area contributed by atoms with Crippen molar-refractivity contribution in [2.45, 2.75) is 38.4 Å². The van der Waals surface area contributed by atoms with Crippen molar-refractivity contribution in [3.05, 3.63) is 51.6 Å². The van der Waals surface area contributed by atoms with Gasteiger partial charge in [0.2, 0.25) is 0 Å². The number of aromatic nitrogens is 5. The van der Waals surface area contributed by atoms with E-state index in [0.29, 0.717) is 30.6 Å². The van der Waals surface area contributed by atoms with Crippen LogP contribution in [0.25, 0.3) is 10.9 Å². The zero-order valence-electron chi connectivity index (χ0n) is 18.1. The molecule has 0 amide bonds. The van der Waals surface area contributed by atoms with Crippen LogP contribution in [0.5, 0.6) is 0 Å². The van der Waals surface area contributed by atoms with Crippen LogP contribution in [-0.2, 0) is 11.3 Å². The van der Waals surface area contributed by atoms with E-state index in [0.717, 1.165) is 36.1 Å². The number of tetrazole rings is 1. The molecule has 2 aliphatic heterocycles. The normalized spacial score (nSPS) is 20.9. The lowest BCUT2D eigenvalue weighted by Crippen LogP contribution is -2.52. The summed E-state index contributed by atoms with van der Waals surface area (Å²) in [6.07, 6.45) is 2.44. The van der Waals surface area contributed by atoms with Gasteiger partial charge in [0, 0.05) is 38.3 Å². The molecular weight excluding hydrogens is 394 g/mol. The predicted octanol–water partition coefficient (Wildman–Crippen LogP) is 1.34. The van der Waals surface area contributed by atoms with E-state index in [2.05, 4.69) is 30.3 Å². The molecule has 0 spiro atoms. The van der Waals surface area contributed by atoms with Gasteiger partial charge < -0.3 is 9.72 Å². The summed E-state index contributed by atoms with van der Waals surface area (Å²) in [4.78, 5) is 21.4. The second-order valence-corrected chi connectivity index (χ2v) is 8.58. The molecule has 0 saturated carbocycles. The highest BCUT2D eigenvalue weighted by atomic mass is 16.5. The zero-order chi connectivity index (χ0) is 21.4. The van der Waals surface area contributed by atoms with Crippen LogP contribution >= 0.6 is 0 Å². The van der Waals surface area contributed by atoms with E-state index in [4.69, 9.17) is 4.74 Å². The fourth-order valence-corrected chi connectivity index (χ4v) is 5.10.